The Hall–Kier alpha value is -1.96. The van der Waals surface area contributed by atoms with Gasteiger partial charge in [-0.3, -0.25) is 20.4 Å². The van der Waals surface area contributed by atoms with Crippen LogP contribution >= 0.6 is 39.1 Å². The summed E-state index contributed by atoms with van der Waals surface area (Å²) < 4.78 is 11.7. The van der Waals surface area contributed by atoms with E-state index in [4.69, 9.17) is 32.7 Å². The fourth-order valence-electron chi connectivity index (χ4n) is 2.10. The van der Waals surface area contributed by atoms with Gasteiger partial charge in [0.05, 0.1) is 17.2 Å². The molecule has 0 fully saturated rings. The normalized spacial score (nSPS) is 10.3. The number of rotatable bonds is 8. The minimum atomic E-state index is -0.553. The number of benzene rings is 2. The van der Waals surface area contributed by atoms with Crippen molar-refractivity contribution in [1.82, 2.24) is 10.9 Å². The van der Waals surface area contributed by atoms with Crippen LogP contribution in [0.15, 0.2) is 40.9 Å². The maximum absolute atomic E-state index is 12.4. The second-order valence-electron chi connectivity index (χ2n) is 5.71. The molecule has 0 aromatic heterocycles. The fraction of sp³-hybridized carbons (Fsp3) is 0.263. The molecule has 2 aromatic rings. The molecule has 9 heteroatoms. The average Bonchev–Trinajstić information content (AvgIpc) is 2.66. The molecule has 0 saturated carbocycles. The number of unbranched alkanes of at least 4 members (excludes halogenated alkanes) is 1. The van der Waals surface area contributed by atoms with Gasteiger partial charge in [0.2, 0.25) is 0 Å². The summed E-state index contributed by atoms with van der Waals surface area (Å²) in [4.78, 5) is 24.4. The number of nitrogens with one attached hydrogen (secondary N) is 2. The zero-order valence-corrected chi connectivity index (χ0v) is 18.2. The number of hydrogen-bond donors (Lipinski definition) is 2. The minimum absolute atomic E-state index is 0.285. The van der Waals surface area contributed by atoms with Crippen molar-refractivity contribution in [2.75, 3.05) is 13.2 Å². The first kappa shape index (κ1) is 22.3. The van der Waals surface area contributed by atoms with E-state index in [0.29, 0.717) is 33.2 Å². The number of hydrogen-bond acceptors (Lipinski definition) is 4. The van der Waals surface area contributed by atoms with Crippen molar-refractivity contribution in [3.8, 4) is 11.5 Å². The lowest BCUT2D eigenvalue weighted by molar-refractivity contribution is -0.123. The lowest BCUT2D eigenvalue weighted by Crippen LogP contribution is -2.44. The van der Waals surface area contributed by atoms with E-state index in [1.165, 1.54) is 6.07 Å². The van der Waals surface area contributed by atoms with Gasteiger partial charge in [-0.2, -0.15) is 0 Å². The van der Waals surface area contributed by atoms with Crippen LogP contribution in [-0.4, -0.2) is 25.0 Å². The number of hydrazine groups is 1. The van der Waals surface area contributed by atoms with Crippen molar-refractivity contribution in [3.05, 3.63) is 56.5 Å². The Kier molecular flexibility index (Phi) is 8.89. The third-order valence-corrected chi connectivity index (χ3v) is 4.53. The van der Waals surface area contributed by atoms with Crippen LogP contribution in [0.4, 0.5) is 0 Å². The van der Waals surface area contributed by atoms with Gasteiger partial charge in [0.1, 0.15) is 11.5 Å². The lowest BCUT2D eigenvalue weighted by atomic mass is 10.2. The smallest absolute Gasteiger partial charge is 0.276 e. The third kappa shape index (κ3) is 6.89. The van der Waals surface area contributed by atoms with Crippen LogP contribution in [0.3, 0.4) is 0 Å². The first-order chi connectivity index (χ1) is 13.4. The largest absolute Gasteiger partial charge is 0.493 e. The SMILES string of the molecule is CCCCOc1ccc(Br)cc1C(=O)NNC(=O)COc1ccc(Cl)cc1Cl. The number of carbonyl (C=O) groups excluding carboxylic acids is 2. The van der Waals surface area contributed by atoms with E-state index in [1.807, 2.05) is 6.92 Å². The van der Waals surface area contributed by atoms with Crippen LogP contribution in [0.25, 0.3) is 0 Å². The topological polar surface area (TPSA) is 76.7 Å². The quantitative estimate of drug-likeness (QED) is 0.413. The van der Waals surface area contributed by atoms with E-state index in [9.17, 15) is 9.59 Å². The van der Waals surface area contributed by atoms with Gasteiger partial charge in [0.25, 0.3) is 11.8 Å². The summed E-state index contributed by atoms with van der Waals surface area (Å²) in [6.07, 6.45) is 1.85. The van der Waals surface area contributed by atoms with Gasteiger partial charge in [-0.05, 0) is 42.8 Å². The van der Waals surface area contributed by atoms with Gasteiger partial charge < -0.3 is 9.47 Å². The van der Waals surface area contributed by atoms with Crippen molar-refractivity contribution < 1.29 is 19.1 Å². The predicted molar refractivity (Wildman–Crippen MR) is 112 cm³/mol. The predicted octanol–water partition coefficient (Wildman–Crippen LogP) is 4.77. The average molecular weight is 490 g/mol. The Bertz CT molecular complexity index is 849. The summed E-state index contributed by atoms with van der Waals surface area (Å²) in [5.41, 5.74) is 4.93. The van der Waals surface area contributed by atoms with Crippen molar-refractivity contribution >= 4 is 50.9 Å². The van der Waals surface area contributed by atoms with Crippen molar-refractivity contribution in [2.24, 2.45) is 0 Å². The van der Waals surface area contributed by atoms with Gasteiger partial charge in [-0.15, -0.1) is 0 Å². The van der Waals surface area contributed by atoms with E-state index in [1.54, 1.807) is 30.3 Å². The Morgan fingerprint density at radius 2 is 1.79 bits per heavy atom. The molecule has 150 valence electrons. The molecule has 0 spiro atoms. The maximum atomic E-state index is 12.4. The van der Waals surface area contributed by atoms with Crippen LogP contribution in [-0.2, 0) is 4.79 Å². The van der Waals surface area contributed by atoms with E-state index >= 15 is 0 Å². The molecule has 2 aromatic carbocycles. The number of carbonyl (C=O) groups is 2. The van der Waals surface area contributed by atoms with Gasteiger partial charge >= 0.3 is 0 Å². The summed E-state index contributed by atoms with van der Waals surface area (Å²) in [6.45, 7) is 2.22. The number of halogens is 3. The first-order valence-corrected chi connectivity index (χ1v) is 10.0. The maximum Gasteiger partial charge on any atom is 0.276 e. The van der Waals surface area contributed by atoms with Crippen molar-refractivity contribution in [3.63, 3.8) is 0 Å². The van der Waals surface area contributed by atoms with E-state index in [-0.39, 0.29) is 11.6 Å². The molecule has 2 amide bonds. The molecule has 0 heterocycles. The van der Waals surface area contributed by atoms with E-state index in [2.05, 4.69) is 26.8 Å². The second-order valence-corrected chi connectivity index (χ2v) is 7.47. The molecule has 0 aliphatic carbocycles. The molecule has 2 N–H and O–H groups in total. The lowest BCUT2D eigenvalue weighted by Gasteiger charge is -2.13. The second kappa shape index (κ2) is 11.1. The number of ether oxygens (including phenoxy) is 2. The highest BCUT2D eigenvalue weighted by atomic mass is 79.9. The molecule has 2 rings (SSSR count). The summed E-state index contributed by atoms with van der Waals surface area (Å²) in [6, 6.07) is 9.74. The highest BCUT2D eigenvalue weighted by Crippen LogP contribution is 2.27. The summed E-state index contributed by atoms with van der Waals surface area (Å²) in [5, 5.41) is 0.743. The van der Waals surface area contributed by atoms with Crippen LogP contribution < -0.4 is 20.3 Å². The zero-order valence-electron chi connectivity index (χ0n) is 15.1. The Morgan fingerprint density at radius 3 is 2.50 bits per heavy atom. The van der Waals surface area contributed by atoms with Crippen molar-refractivity contribution in [1.29, 1.82) is 0 Å². The Balaban J connectivity index is 1.90. The van der Waals surface area contributed by atoms with Crippen molar-refractivity contribution in [2.45, 2.75) is 19.8 Å². The summed E-state index contributed by atoms with van der Waals surface area (Å²) in [7, 11) is 0. The molecule has 0 saturated heterocycles. The molecule has 6 nitrogen and oxygen atoms in total. The minimum Gasteiger partial charge on any atom is -0.493 e. The summed E-state index contributed by atoms with van der Waals surface area (Å²) in [5.74, 6) is -0.313. The van der Waals surface area contributed by atoms with E-state index < -0.39 is 11.8 Å². The molecule has 0 radical (unpaired) electrons. The standard InChI is InChI=1S/C19H19BrCl2N2O4/c1-2-3-8-27-16-6-4-12(20)9-14(16)19(26)24-23-18(25)11-28-17-7-5-13(21)10-15(17)22/h4-7,9-10H,2-3,8,11H2,1H3,(H,23,25)(H,24,26). The highest BCUT2D eigenvalue weighted by molar-refractivity contribution is 9.10. The van der Waals surface area contributed by atoms with Gasteiger partial charge in [0, 0.05) is 9.50 Å². The van der Waals surface area contributed by atoms with E-state index in [0.717, 1.165) is 12.8 Å². The van der Waals surface area contributed by atoms with Crippen LogP contribution in [0.2, 0.25) is 10.0 Å². The monoisotopic (exact) mass is 488 g/mol. The van der Waals surface area contributed by atoms with Crippen LogP contribution in [0.1, 0.15) is 30.1 Å². The highest BCUT2D eigenvalue weighted by Gasteiger charge is 2.15. The molecule has 0 bridgehead atoms. The Labute approximate surface area is 181 Å². The fourth-order valence-corrected chi connectivity index (χ4v) is 2.92. The third-order valence-electron chi connectivity index (χ3n) is 3.51. The van der Waals surface area contributed by atoms with Gasteiger partial charge in [-0.25, -0.2) is 0 Å². The molecule has 0 atom stereocenters. The molecule has 0 unspecified atom stereocenters. The zero-order chi connectivity index (χ0) is 20.5. The van der Waals surface area contributed by atoms with Gasteiger partial charge in [-0.1, -0.05) is 52.5 Å². The molecular weight excluding hydrogens is 471 g/mol. The number of amides is 2. The van der Waals surface area contributed by atoms with Crippen LogP contribution in [0.5, 0.6) is 11.5 Å². The molecule has 0 aliphatic rings. The first-order valence-electron chi connectivity index (χ1n) is 8.50. The molecule has 28 heavy (non-hydrogen) atoms. The molecule has 0 aliphatic heterocycles. The molecular formula is C19H19BrCl2N2O4. The Morgan fingerprint density at radius 1 is 1.04 bits per heavy atom. The summed E-state index contributed by atoms with van der Waals surface area (Å²) >= 11 is 15.1. The van der Waals surface area contributed by atoms with Crippen LogP contribution in [0, 0.1) is 0 Å². The van der Waals surface area contributed by atoms with Gasteiger partial charge in [0.15, 0.2) is 6.61 Å².